The van der Waals surface area contributed by atoms with Gasteiger partial charge in [-0.25, -0.2) is 0 Å². The van der Waals surface area contributed by atoms with Gasteiger partial charge >= 0.3 is 0 Å². The molecule has 2 rings (SSSR count). The molecular weight excluding hydrogens is 298 g/mol. The van der Waals surface area contributed by atoms with Crippen LogP contribution in [0, 0.1) is 0 Å². The molecule has 4 heteroatoms. The van der Waals surface area contributed by atoms with Crippen LogP contribution in [-0.4, -0.2) is 5.11 Å². The van der Waals surface area contributed by atoms with Crippen molar-refractivity contribution in [3.63, 3.8) is 0 Å². The zero-order chi connectivity index (χ0) is 18.1. The Morgan fingerprint density at radius 1 is 0.833 bits per heavy atom. The first kappa shape index (κ1) is 18.0. The molecule has 0 aliphatic carbocycles. The molecule has 0 aliphatic rings. The van der Waals surface area contributed by atoms with Crippen LogP contribution in [0.3, 0.4) is 0 Å². The summed E-state index contributed by atoms with van der Waals surface area (Å²) in [6.07, 6.45) is 0. The van der Waals surface area contributed by atoms with Crippen molar-refractivity contribution in [1.82, 2.24) is 0 Å². The van der Waals surface area contributed by atoms with Gasteiger partial charge in [0.1, 0.15) is 17.1 Å². The molecule has 0 atom stereocenters. The Labute approximate surface area is 144 Å². The maximum Gasteiger partial charge on any atom is 0.146 e. The summed E-state index contributed by atoms with van der Waals surface area (Å²) in [5.74, 6) is 0.175. The van der Waals surface area contributed by atoms with Crippen LogP contribution in [0.4, 0.5) is 17.1 Å². The summed E-state index contributed by atoms with van der Waals surface area (Å²) in [4.78, 5) is 0. The first-order valence-corrected chi connectivity index (χ1v) is 8.14. The molecule has 0 radical (unpaired) electrons. The second kappa shape index (κ2) is 6.27. The van der Waals surface area contributed by atoms with Gasteiger partial charge < -0.3 is 10.8 Å². The monoisotopic (exact) mass is 325 g/mol. The van der Waals surface area contributed by atoms with Gasteiger partial charge in [-0.1, -0.05) is 59.7 Å². The highest BCUT2D eigenvalue weighted by Gasteiger charge is 2.25. The average molecular weight is 325 g/mol. The lowest BCUT2D eigenvalue weighted by Crippen LogP contribution is -2.16. The third-order valence-electron chi connectivity index (χ3n) is 3.97. The van der Waals surface area contributed by atoms with E-state index in [1.807, 2.05) is 18.2 Å². The van der Waals surface area contributed by atoms with Crippen LogP contribution in [0.25, 0.3) is 0 Å². The van der Waals surface area contributed by atoms with E-state index in [1.54, 1.807) is 12.1 Å². The zero-order valence-corrected chi connectivity index (χ0v) is 15.4. The standard InChI is InChI=1S/C20H27N3O/c1-19(2,3)13-11-14(20(4,5)6)18(24)17(12-13)23-22-16-10-8-7-9-15(16)21/h7-12,24H,21H2,1-6H3/b23-22+. The van der Waals surface area contributed by atoms with Crippen LogP contribution in [0.5, 0.6) is 5.75 Å². The summed E-state index contributed by atoms with van der Waals surface area (Å²) < 4.78 is 0. The Kier molecular flexibility index (Phi) is 4.70. The smallest absolute Gasteiger partial charge is 0.146 e. The van der Waals surface area contributed by atoms with E-state index in [9.17, 15) is 5.11 Å². The number of phenolic OH excluding ortho intramolecular Hbond substituents is 1. The first-order valence-electron chi connectivity index (χ1n) is 8.14. The van der Waals surface area contributed by atoms with E-state index in [2.05, 4.69) is 57.8 Å². The molecule has 128 valence electrons. The van der Waals surface area contributed by atoms with E-state index < -0.39 is 0 Å². The topological polar surface area (TPSA) is 71.0 Å². The van der Waals surface area contributed by atoms with Gasteiger partial charge in [0.15, 0.2) is 0 Å². The molecule has 2 aromatic rings. The Balaban J connectivity index is 2.59. The fourth-order valence-electron chi connectivity index (χ4n) is 2.39. The minimum absolute atomic E-state index is 0.0518. The van der Waals surface area contributed by atoms with Crippen molar-refractivity contribution in [1.29, 1.82) is 0 Å². The number of nitrogen functional groups attached to an aromatic ring is 1. The Hall–Kier alpha value is -2.36. The maximum atomic E-state index is 10.7. The van der Waals surface area contributed by atoms with Crippen molar-refractivity contribution in [2.45, 2.75) is 52.4 Å². The van der Waals surface area contributed by atoms with Gasteiger partial charge in [-0.05, 0) is 34.6 Å². The van der Waals surface area contributed by atoms with E-state index in [-0.39, 0.29) is 16.6 Å². The van der Waals surface area contributed by atoms with E-state index in [0.717, 1.165) is 11.1 Å². The van der Waals surface area contributed by atoms with E-state index in [1.165, 1.54) is 0 Å². The zero-order valence-electron chi connectivity index (χ0n) is 15.4. The molecule has 24 heavy (non-hydrogen) atoms. The van der Waals surface area contributed by atoms with Crippen LogP contribution in [0.2, 0.25) is 0 Å². The number of rotatable bonds is 2. The van der Waals surface area contributed by atoms with Crippen molar-refractivity contribution in [3.8, 4) is 5.75 Å². The molecule has 4 nitrogen and oxygen atoms in total. The molecule has 0 aromatic heterocycles. The highest BCUT2D eigenvalue weighted by atomic mass is 16.3. The number of benzene rings is 2. The largest absolute Gasteiger partial charge is 0.505 e. The fraction of sp³-hybridized carbons (Fsp3) is 0.400. The van der Waals surface area contributed by atoms with Crippen molar-refractivity contribution < 1.29 is 5.11 Å². The third-order valence-corrected chi connectivity index (χ3v) is 3.97. The van der Waals surface area contributed by atoms with Gasteiger partial charge in [-0.15, -0.1) is 10.2 Å². The van der Waals surface area contributed by atoms with Crippen molar-refractivity contribution in [2.24, 2.45) is 10.2 Å². The SMILES string of the molecule is CC(C)(C)c1cc(/N=N/c2ccccc2N)c(O)c(C(C)(C)C)c1. The second-order valence-electron chi connectivity index (χ2n) is 8.15. The lowest BCUT2D eigenvalue weighted by atomic mass is 9.80. The molecule has 0 fully saturated rings. The van der Waals surface area contributed by atoms with Crippen LogP contribution < -0.4 is 5.73 Å². The summed E-state index contributed by atoms with van der Waals surface area (Å²) in [5.41, 5.74) is 9.26. The molecule has 0 amide bonds. The predicted octanol–water partition coefficient (Wildman–Crippen LogP) is 5.98. The van der Waals surface area contributed by atoms with Crippen molar-refractivity contribution >= 4 is 17.1 Å². The highest BCUT2D eigenvalue weighted by molar-refractivity contribution is 5.63. The number of aromatic hydroxyl groups is 1. The van der Waals surface area contributed by atoms with Gasteiger partial charge in [0.05, 0.1) is 5.69 Å². The van der Waals surface area contributed by atoms with Crippen molar-refractivity contribution in [2.75, 3.05) is 5.73 Å². The number of anilines is 1. The number of hydrogen-bond acceptors (Lipinski definition) is 4. The number of hydrogen-bond donors (Lipinski definition) is 2. The molecule has 3 N–H and O–H groups in total. The summed E-state index contributed by atoms with van der Waals surface area (Å²) in [6, 6.07) is 11.2. The number of phenols is 1. The van der Waals surface area contributed by atoms with Gasteiger partial charge in [-0.3, -0.25) is 0 Å². The lowest BCUT2D eigenvalue weighted by molar-refractivity contribution is 0.446. The van der Waals surface area contributed by atoms with E-state index in [4.69, 9.17) is 5.73 Å². The number of para-hydroxylation sites is 1. The van der Waals surface area contributed by atoms with E-state index >= 15 is 0 Å². The van der Waals surface area contributed by atoms with Crippen LogP contribution in [0.15, 0.2) is 46.6 Å². The number of azo groups is 1. The molecule has 0 saturated heterocycles. The molecule has 0 spiro atoms. The minimum atomic E-state index is -0.193. The number of nitrogens with two attached hydrogens (primary N) is 1. The van der Waals surface area contributed by atoms with Gasteiger partial charge in [0.2, 0.25) is 0 Å². The normalized spacial score (nSPS) is 12.8. The van der Waals surface area contributed by atoms with Crippen LogP contribution >= 0.6 is 0 Å². The minimum Gasteiger partial charge on any atom is -0.505 e. The summed E-state index contributed by atoms with van der Waals surface area (Å²) in [5, 5.41) is 19.2. The Bertz CT molecular complexity index is 765. The van der Waals surface area contributed by atoms with Crippen LogP contribution in [-0.2, 0) is 10.8 Å². The summed E-state index contributed by atoms with van der Waals surface area (Å²) in [7, 11) is 0. The fourth-order valence-corrected chi connectivity index (χ4v) is 2.39. The average Bonchev–Trinajstić information content (AvgIpc) is 2.45. The lowest BCUT2D eigenvalue weighted by Gasteiger charge is -2.26. The van der Waals surface area contributed by atoms with Gasteiger partial charge in [0, 0.05) is 5.56 Å². The molecule has 0 heterocycles. The summed E-state index contributed by atoms with van der Waals surface area (Å²) >= 11 is 0. The predicted molar refractivity (Wildman–Crippen MR) is 101 cm³/mol. The van der Waals surface area contributed by atoms with Crippen molar-refractivity contribution in [3.05, 3.63) is 47.5 Å². The quantitative estimate of drug-likeness (QED) is 0.526. The van der Waals surface area contributed by atoms with Gasteiger partial charge in [-0.2, -0.15) is 0 Å². The number of nitrogens with zero attached hydrogens (tertiary/aromatic N) is 2. The molecular formula is C20H27N3O. The van der Waals surface area contributed by atoms with Gasteiger partial charge in [0.25, 0.3) is 0 Å². The first-order chi connectivity index (χ1) is 11.0. The molecule has 0 aliphatic heterocycles. The molecule has 2 aromatic carbocycles. The third kappa shape index (κ3) is 3.94. The Morgan fingerprint density at radius 2 is 1.42 bits per heavy atom. The second-order valence-corrected chi connectivity index (χ2v) is 8.15. The molecule has 0 unspecified atom stereocenters. The highest BCUT2D eigenvalue weighted by Crippen LogP contribution is 2.42. The molecule has 0 bridgehead atoms. The maximum absolute atomic E-state index is 10.7. The summed E-state index contributed by atoms with van der Waals surface area (Å²) in [6.45, 7) is 12.6. The van der Waals surface area contributed by atoms with Crippen LogP contribution in [0.1, 0.15) is 52.7 Å². The van der Waals surface area contributed by atoms with E-state index in [0.29, 0.717) is 17.1 Å². The Morgan fingerprint density at radius 3 is 1.96 bits per heavy atom. The molecule has 0 saturated carbocycles.